The first-order valence-corrected chi connectivity index (χ1v) is 11.3. The predicted molar refractivity (Wildman–Crippen MR) is 109 cm³/mol. The molecule has 0 unspecified atom stereocenters. The molecule has 0 saturated carbocycles. The molecule has 27 heavy (non-hydrogen) atoms. The lowest BCUT2D eigenvalue weighted by Crippen LogP contribution is -2.44. The molecule has 2 aromatic rings. The molecule has 8 heteroatoms. The van der Waals surface area contributed by atoms with Crippen LogP contribution in [-0.4, -0.2) is 56.8 Å². The van der Waals surface area contributed by atoms with Gasteiger partial charge in [-0.05, 0) is 79.6 Å². The summed E-state index contributed by atoms with van der Waals surface area (Å²) >= 11 is 1.55. The third-order valence-corrected chi connectivity index (χ3v) is 7.62. The third-order valence-electron chi connectivity index (χ3n) is 4.96. The van der Waals surface area contributed by atoms with Gasteiger partial charge in [0, 0.05) is 18.8 Å². The second-order valence-corrected chi connectivity index (χ2v) is 9.71. The van der Waals surface area contributed by atoms with Gasteiger partial charge in [0.25, 0.3) is 0 Å². The molecule has 146 valence electrons. The Balaban J connectivity index is 1.64. The fraction of sp³-hybridized carbons (Fsp3) is 0.421. The number of carbonyl (C=O) groups excluding carboxylic acids is 1. The number of benzene rings is 1. The summed E-state index contributed by atoms with van der Waals surface area (Å²) in [5, 5.41) is 6.68. The third kappa shape index (κ3) is 4.95. The smallest absolute Gasteiger partial charge is 0.243 e. The van der Waals surface area contributed by atoms with Gasteiger partial charge >= 0.3 is 0 Å². The van der Waals surface area contributed by atoms with E-state index in [0.717, 1.165) is 31.5 Å². The molecule has 1 N–H and O–H groups in total. The summed E-state index contributed by atoms with van der Waals surface area (Å²) in [6, 6.07) is 8.33. The maximum atomic E-state index is 12.9. The summed E-state index contributed by atoms with van der Waals surface area (Å²) in [6.07, 6.45) is 1.98. The highest BCUT2D eigenvalue weighted by molar-refractivity contribution is 7.89. The normalized spacial score (nSPS) is 16.6. The number of thiophene rings is 1. The molecule has 0 spiro atoms. The SMILES string of the molecule is CN1CCC(N(C)S(=O)(=O)c2ccc(NC(=O)Cc3ccsc3)cc2)CC1. The molecule has 1 amide bonds. The van der Waals surface area contributed by atoms with Crippen LogP contribution in [0.2, 0.25) is 0 Å². The van der Waals surface area contributed by atoms with E-state index in [1.807, 2.05) is 16.8 Å². The first kappa shape index (κ1) is 20.0. The van der Waals surface area contributed by atoms with Crippen LogP contribution in [0.1, 0.15) is 18.4 Å². The fourth-order valence-corrected chi connectivity index (χ4v) is 5.30. The standard InChI is InChI=1S/C19H25N3O3S2/c1-21-10-7-17(8-11-21)22(2)27(24,25)18-5-3-16(4-6-18)20-19(23)13-15-9-12-26-14-15/h3-6,9,12,14,17H,7-8,10-11,13H2,1-2H3,(H,20,23). The van der Waals surface area contributed by atoms with Crippen molar-refractivity contribution in [1.82, 2.24) is 9.21 Å². The number of nitrogens with zero attached hydrogens (tertiary/aromatic N) is 2. The van der Waals surface area contributed by atoms with Gasteiger partial charge in [-0.2, -0.15) is 15.6 Å². The molecule has 0 aliphatic carbocycles. The van der Waals surface area contributed by atoms with Crippen LogP contribution in [0.3, 0.4) is 0 Å². The Morgan fingerprint density at radius 3 is 2.48 bits per heavy atom. The Labute approximate surface area is 164 Å². The molecule has 6 nitrogen and oxygen atoms in total. The van der Waals surface area contributed by atoms with Crippen molar-refractivity contribution < 1.29 is 13.2 Å². The molecule has 0 radical (unpaired) electrons. The van der Waals surface area contributed by atoms with Gasteiger partial charge < -0.3 is 10.2 Å². The van der Waals surface area contributed by atoms with E-state index >= 15 is 0 Å². The first-order chi connectivity index (χ1) is 12.9. The molecule has 3 rings (SSSR count). The van der Waals surface area contributed by atoms with Gasteiger partial charge in [-0.3, -0.25) is 4.79 Å². The number of nitrogens with one attached hydrogen (secondary N) is 1. The van der Waals surface area contributed by atoms with Gasteiger partial charge in [0.15, 0.2) is 0 Å². The van der Waals surface area contributed by atoms with Gasteiger partial charge in [-0.25, -0.2) is 8.42 Å². The maximum absolute atomic E-state index is 12.9. The van der Waals surface area contributed by atoms with E-state index in [1.54, 1.807) is 42.6 Å². The Morgan fingerprint density at radius 2 is 1.89 bits per heavy atom. The van der Waals surface area contributed by atoms with Gasteiger partial charge in [0.05, 0.1) is 11.3 Å². The number of likely N-dealkylation sites (tertiary alicyclic amines) is 1. The van der Waals surface area contributed by atoms with Crippen molar-refractivity contribution >= 4 is 33.0 Å². The van der Waals surface area contributed by atoms with Crippen molar-refractivity contribution in [3.05, 3.63) is 46.7 Å². The number of carbonyl (C=O) groups is 1. The Hall–Kier alpha value is -1.74. The van der Waals surface area contributed by atoms with E-state index in [4.69, 9.17) is 0 Å². The van der Waals surface area contributed by atoms with E-state index in [2.05, 4.69) is 17.3 Å². The summed E-state index contributed by atoms with van der Waals surface area (Å²) in [4.78, 5) is 14.5. The zero-order chi connectivity index (χ0) is 19.4. The first-order valence-electron chi connectivity index (χ1n) is 8.94. The van der Waals surface area contributed by atoms with Crippen molar-refractivity contribution in [3.8, 4) is 0 Å². The van der Waals surface area contributed by atoms with Gasteiger partial charge in [-0.15, -0.1) is 0 Å². The summed E-state index contributed by atoms with van der Waals surface area (Å²) in [5.74, 6) is -0.118. The largest absolute Gasteiger partial charge is 0.326 e. The average molecular weight is 408 g/mol. The Kier molecular flexibility index (Phi) is 6.31. The summed E-state index contributed by atoms with van der Waals surface area (Å²) in [6.45, 7) is 1.80. The van der Waals surface area contributed by atoms with Crippen LogP contribution < -0.4 is 5.32 Å². The van der Waals surface area contributed by atoms with Crippen molar-refractivity contribution in [2.75, 3.05) is 32.5 Å². The lowest BCUT2D eigenvalue weighted by Gasteiger charge is -2.34. The van der Waals surface area contributed by atoms with Crippen molar-refractivity contribution in [1.29, 1.82) is 0 Å². The van der Waals surface area contributed by atoms with Crippen LogP contribution >= 0.6 is 11.3 Å². The zero-order valence-corrected chi connectivity index (χ0v) is 17.2. The Morgan fingerprint density at radius 1 is 1.22 bits per heavy atom. The van der Waals surface area contributed by atoms with E-state index in [0.29, 0.717) is 12.1 Å². The molecule has 2 heterocycles. The fourth-order valence-electron chi connectivity index (χ4n) is 3.22. The lowest BCUT2D eigenvalue weighted by molar-refractivity contribution is -0.115. The number of anilines is 1. The zero-order valence-electron chi connectivity index (χ0n) is 15.6. The Bertz CT molecular complexity index is 856. The maximum Gasteiger partial charge on any atom is 0.243 e. The van der Waals surface area contributed by atoms with Crippen molar-refractivity contribution in [3.63, 3.8) is 0 Å². The molecule has 0 atom stereocenters. The van der Waals surface area contributed by atoms with E-state index in [1.165, 1.54) is 4.31 Å². The number of amides is 1. The second kappa shape index (κ2) is 8.52. The number of piperidine rings is 1. The van der Waals surface area contributed by atoms with Crippen LogP contribution in [-0.2, 0) is 21.2 Å². The molecular weight excluding hydrogens is 382 g/mol. The highest BCUT2D eigenvalue weighted by Gasteiger charge is 2.30. The number of rotatable bonds is 6. The van der Waals surface area contributed by atoms with Gasteiger partial charge in [0.1, 0.15) is 0 Å². The minimum absolute atomic E-state index is 0.0243. The lowest BCUT2D eigenvalue weighted by atomic mass is 10.1. The molecular formula is C19H25N3O3S2. The molecule has 0 bridgehead atoms. The quantitative estimate of drug-likeness (QED) is 0.799. The number of sulfonamides is 1. The topological polar surface area (TPSA) is 69.7 Å². The predicted octanol–water partition coefficient (Wildman–Crippen LogP) is 2.64. The molecule has 1 saturated heterocycles. The van der Waals surface area contributed by atoms with Crippen LogP contribution in [0.15, 0.2) is 46.0 Å². The highest BCUT2D eigenvalue weighted by Crippen LogP contribution is 2.23. The number of hydrogen-bond donors (Lipinski definition) is 1. The van der Waals surface area contributed by atoms with E-state index < -0.39 is 10.0 Å². The number of hydrogen-bond acceptors (Lipinski definition) is 5. The van der Waals surface area contributed by atoms with E-state index in [-0.39, 0.29) is 16.8 Å². The monoisotopic (exact) mass is 407 g/mol. The molecule has 1 aromatic heterocycles. The average Bonchev–Trinajstić information content (AvgIpc) is 3.15. The second-order valence-electron chi connectivity index (χ2n) is 6.94. The molecule has 1 aromatic carbocycles. The molecule has 1 fully saturated rings. The molecule has 1 aliphatic rings. The minimum atomic E-state index is -3.54. The van der Waals surface area contributed by atoms with Crippen molar-refractivity contribution in [2.24, 2.45) is 0 Å². The van der Waals surface area contributed by atoms with Crippen LogP contribution in [0.4, 0.5) is 5.69 Å². The minimum Gasteiger partial charge on any atom is -0.326 e. The van der Waals surface area contributed by atoms with Crippen LogP contribution in [0.5, 0.6) is 0 Å². The van der Waals surface area contributed by atoms with E-state index in [9.17, 15) is 13.2 Å². The molecule has 1 aliphatic heterocycles. The summed E-state index contributed by atoms with van der Waals surface area (Å²) < 4.78 is 27.3. The summed E-state index contributed by atoms with van der Waals surface area (Å²) in [7, 11) is 0.167. The summed E-state index contributed by atoms with van der Waals surface area (Å²) in [5.41, 5.74) is 1.56. The highest BCUT2D eigenvalue weighted by atomic mass is 32.2. The van der Waals surface area contributed by atoms with Crippen LogP contribution in [0.25, 0.3) is 0 Å². The van der Waals surface area contributed by atoms with Gasteiger partial charge in [0.2, 0.25) is 15.9 Å². The van der Waals surface area contributed by atoms with Crippen LogP contribution in [0, 0.1) is 0 Å². The van der Waals surface area contributed by atoms with Crippen molar-refractivity contribution in [2.45, 2.75) is 30.2 Å². The van der Waals surface area contributed by atoms with Gasteiger partial charge in [-0.1, -0.05) is 0 Å².